The van der Waals surface area contributed by atoms with Crippen LogP contribution in [0.15, 0.2) is 35.5 Å². The van der Waals surface area contributed by atoms with Crippen LogP contribution in [0.2, 0.25) is 0 Å². The summed E-state index contributed by atoms with van der Waals surface area (Å²) >= 11 is 0. The van der Waals surface area contributed by atoms with E-state index < -0.39 is 0 Å². The summed E-state index contributed by atoms with van der Waals surface area (Å²) < 4.78 is 0. The number of nitrogens with two attached hydrogens (primary N) is 1. The molecule has 0 saturated carbocycles. The van der Waals surface area contributed by atoms with Gasteiger partial charge in [-0.15, -0.1) is 0 Å². The smallest absolute Gasteiger partial charge is 0.143 e. The molecule has 0 aliphatic carbocycles. The average Bonchev–Trinajstić information content (AvgIpc) is 2.35. The number of rotatable bonds is 5. The summed E-state index contributed by atoms with van der Waals surface area (Å²) in [4.78, 5) is 0. The predicted molar refractivity (Wildman–Crippen MR) is 65.4 cm³/mol. The summed E-state index contributed by atoms with van der Waals surface area (Å²) in [5.74, 6) is 0.281. The third-order valence-electron chi connectivity index (χ3n) is 2.65. The monoisotopic (exact) mass is 221 g/mol. The number of nitrogens with zero attached hydrogens (tertiary/aromatic N) is 1. The van der Waals surface area contributed by atoms with Crippen molar-refractivity contribution in [1.82, 2.24) is 5.32 Å². The van der Waals surface area contributed by atoms with Gasteiger partial charge in [0.1, 0.15) is 5.84 Å². The quantitative estimate of drug-likeness (QED) is 0.307. The lowest BCUT2D eigenvalue weighted by molar-refractivity contribution is 0.313. The first-order valence-electron chi connectivity index (χ1n) is 5.41. The van der Waals surface area contributed by atoms with Crippen LogP contribution in [0, 0.1) is 5.92 Å². The van der Waals surface area contributed by atoms with E-state index in [1.165, 1.54) is 5.56 Å². The van der Waals surface area contributed by atoms with Crippen LogP contribution in [-0.2, 0) is 0 Å². The van der Waals surface area contributed by atoms with Gasteiger partial charge in [-0.05, 0) is 12.5 Å². The number of oxime groups is 1. The van der Waals surface area contributed by atoms with E-state index in [0.717, 1.165) is 0 Å². The lowest BCUT2D eigenvalue weighted by Crippen LogP contribution is -2.32. The van der Waals surface area contributed by atoms with Crippen molar-refractivity contribution in [3.05, 3.63) is 35.9 Å². The highest BCUT2D eigenvalue weighted by Gasteiger charge is 2.10. The van der Waals surface area contributed by atoms with Gasteiger partial charge in [-0.25, -0.2) is 0 Å². The van der Waals surface area contributed by atoms with Crippen molar-refractivity contribution in [3.63, 3.8) is 0 Å². The van der Waals surface area contributed by atoms with Gasteiger partial charge in [0.15, 0.2) is 0 Å². The second-order valence-corrected chi connectivity index (χ2v) is 3.97. The van der Waals surface area contributed by atoms with E-state index in [4.69, 9.17) is 10.9 Å². The summed E-state index contributed by atoms with van der Waals surface area (Å²) in [6.45, 7) is 4.69. The molecule has 0 saturated heterocycles. The zero-order valence-electron chi connectivity index (χ0n) is 9.72. The Balaban J connectivity index is 2.45. The molecule has 88 valence electrons. The highest BCUT2D eigenvalue weighted by Crippen LogP contribution is 2.11. The van der Waals surface area contributed by atoms with Crippen LogP contribution in [0.4, 0.5) is 0 Å². The highest BCUT2D eigenvalue weighted by molar-refractivity contribution is 5.82. The van der Waals surface area contributed by atoms with E-state index in [1.807, 2.05) is 25.1 Å². The van der Waals surface area contributed by atoms with E-state index >= 15 is 0 Å². The van der Waals surface area contributed by atoms with Gasteiger partial charge in [0.25, 0.3) is 0 Å². The highest BCUT2D eigenvalue weighted by atomic mass is 16.4. The molecule has 1 aromatic carbocycles. The van der Waals surface area contributed by atoms with Crippen LogP contribution in [0.1, 0.15) is 25.5 Å². The fraction of sp³-hybridized carbons (Fsp3) is 0.417. The Hall–Kier alpha value is -1.55. The molecule has 0 bridgehead atoms. The van der Waals surface area contributed by atoms with E-state index in [1.54, 1.807) is 0 Å². The first-order valence-corrected chi connectivity index (χ1v) is 5.41. The number of nitrogens with one attached hydrogen (secondary N) is 1. The average molecular weight is 221 g/mol. The molecule has 0 fully saturated rings. The first-order chi connectivity index (χ1) is 7.65. The van der Waals surface area contributed by atoms with Crippen molar-refractivity contribution in [3.8, 4) is 0 Å². The molecule has 4 heteroatoms. The Morgan fingerprint density at radius 3 is 2.56 bits per heavy atom. The molecular formula is C12H19N3O. The van der Waals surface area contributed by atoms with Crippen molar-refractivity contribution in [2.45, 2.75) is 19.9 Å². The third kappa shape index (κ3) is 3.55. The van der Waals surface area contributed by atoms with Gasteiger partial charge in [0.05, 0.1) is 0 Å². The summed E-state index contributed by atoms with van der Waals surface area (Å²) in [5.41, 5.74) is 6.73. The molecule has 4 N–H and O–H groups in total. The minimum atomic E-state index is 0.0242. The SMILES string of the molecule is CC(CN[C@@H](C)c1ccccc1)C(N)=NO. The topological polar surface area (TPSA) is 70.6 Å². The molecule has 0 heterocycles. The van der Waals surface area contributed by atoms with Crippen molar-refractivity contribution in [2.75, 3.05) is 6.54 Å². The predicted octanol–water partition coefficient (Wildman–Crippen LogP) is 1.72. The molecule has 0 amide bonds. The molecule has 0 aromatic heterocycles. The molecule has 1 rings (SSSR count). The maximum atomic E-state index is 8.52. The van der Waals surface area contributed by atoms with Crippen molar-refractivity contribution in [1.29, 1.82) is 0 Å². The van der Waals surface area contributed by atoms with E-state index in [0.29, 0.717) is 6.54 Å². The van der Waals surface area contributed by atoms with Crippen LogP contribution < -0.4 is 11.1 Å². The fourth-order valence-corrected chi connectivity index (χ4v) is 1.42. The Bertz CT molecular complexity index is 337. The molecule has 2 atom stereocenters. The molecule has 4 nitrogen and oxygen atoms in total. The van der Waals surface area contributed by atoms with Gasteiger partial charge in [0.2, 0.25) is 0 Å². The molecule has 0 spiro atoms. The molecule has 1 aromatic rings. The number of hydrogen-bond acceptors (Lipinski definition) is 3. The standard InChI is InChI=1S/C12H19N3O/c1-9(12(13)15-16)8-14-10(2)11-6-4-3-5-7-11/h3-7,9-10,14,16H,8H2,1-2H3,(H2,13,15)/t9?,10-/m0/s1. The maximum Gasteiger partial charge on any atom is 0.143 e. The summed E-state index contributed by atoms with van der Waals surface area (Å²) in [5, 5.41) is 14.9. The number of amidine groups is 1. The molecule has 0 radical (unpaired) electrons. The first kappa shape index (κ1) is 12.5. The van der Waals surface area contributed by atoms with Gasteiger partial charge in [-0.1, -0.05) is 42.4 Å². The molecule has 16 heavy (non-hydrogen) atoms. The van der Waals surface area contributed by atoms with Crippen molar-refractivity contribution < 1.29 is 5.21 Å². The summed E-state index contributed by atoms with van der Waals surface area (Å²) in [7, 11) is 0. The normalized spacial score (nSPS) is 15.8. The second-order valence-electron chi connectivity index (χ2n) is 3.97. The van der Waals surface area contributed by atoms with Crippen LogP contribution in [0.5, 0.6) is 0 Å². The van der Waals surface area contributed by atoms with Gasteiger partial charge in [-0.3, -0.25) is 0 Å². The molecule has 0 aliphatic rings. The lowest BCUT2D eigenvalue weighted by atomic mass is 10.1. The Morgan fingerprint density at radius 1 is 1.38 bits per heavy atom. The minimum absolute atomic E-state index is 0.0242. The van der Waals surface area contributed by atoms with Gasteiger partial charge < -0.3 is 16.3 Å². The fourth-order valence-electron chi connectivity index (χ4n) is 1.42. The summed E-state index contributed by atoms with van der Waals surface area (Å²) in [6, 6.07) is 10.4. The molecule has 1 unspecified atom stereocenters. The van der Waals surface area contributed by atoms with Gasteiger partial charge in [0, 0.05) is 18.5 Å². The van der Waals surface area contributed by atoms with Crippen LogP contribution in [0.3, 0.4) is 0 Å². The van der Waals surface area contributed by atoms with Crippen molar-refractivity contribution in [2.24, 2.45) is 16.8 Å². The Labute approximate surface area is 96.2 Å². The van der Waals surface area contributed by atoms with Crippen LogP contribution >= 0.6 is 0 Å². The van der Waals surface area contributed by atoms with Crippen molar-refractivity contribution >= 4 is 5.84 Å². The lowest BCUT2D eigenvalue weighted by Gasteiger charge is -2.17. The molecule has 0 aliphatic heterocycles. The van der Waals surface area contributed by atoms with Gasteiger partial charge in [-0.2, -0.15) is 0 Å². The van der Waals surface area contributed by atoms with Crippen LogP contribution in [-0.4, -0.2) is 17.6 Å². The van der Waals surface area contributed by atoms with E-state index in [2.05, 4.69) is 29.5 Å². The third-order valence-corrected chi connectivity index (χ3v) is 2.65. The largest absolute Gasteiger partial charge is 0.409 e. The minimum Gasteiger partial charge on any atom is -0.409 e. The van der Waals surface area contributed by atoms with Gasteiger partial charge >= 0.3 is 0 Å². The zero-order valence-corrected chi connectivity index (χ0v) is 9.72. The summed E-state index contributed by atoms with van der Waals surface area (Å²) in [6.07, 6.45) is 0. The van der Waals surface area contributed by atoms with E-state index in [9.17, 15) is 0 Å². The molecular weight excluding hydrogens is 202 g/mol. The Morgan fingerprint density at radius 2 is 2.00 bits per heavy atom. The van der Waals surface area contributed by atoms with E-state index in [-0.39, 0.29) is 17.8 Å². The second kappa shape index (κ2) is 6.12. The zero-order chi connectivity index (χ0) is 12.0. The maximum absolute atomic E-state index is 8.52. The Kier molecular flexibility index (Phi) is 4.79. The number of hydrogen-bond donors (Lipinski definition) is 3. The number of benzene rings is 1. The van der Waals surface area contributed by atoms with Crippen LogP contribution in [0.25, 0.3) is 0 Å².